The van der Waals surface area contributed by atoms with Gasteiger partial charge in [0.25, 0.3) is 6.40 Å². The molecule has 1 aliphatic rings. The molecule has 0 saturated carbocycles. The first-order valence-corrected chi connectivity index (χ1v) is 4.47. The Morgan fingerprint density at radius 3 is 2.50 bits per heavy atom. The zero-order valence-electron chi connectivity index (χ0n) is 7.99. The minimum absolute atomic E-state index is 0.195. The SMILES string of the molecule is FC(F)(F)Oc1ccc(C2CO[C]=N2)cc1. The van der Waals surface area contributed by atoms with Crippen LogP contribution < -0.4 is 4.74 Å². The van der Waals surface area contributed by atoms with E-state index in [4.69, 9.17) is 4.74 Å². The van der Waals surface area contributed by atoms with Crippen LogP contribution in [0.4, 0.5) is 13.2 Å². The summed E-state index contributed by atoms with van der Waals surface area (Å²) in [7, 11) is 0. The molecule has 0 aliphatic carbocycles. The summed E-state index contributed by atoms with van der Waals surface area (Å²) in [6.07, 6.45) is -2.33. The van der Waals surface area contributed by atoms with Crippen LogP contribution in [0.15, 0.2) is 29.3 Å². The molecule has 1 aromatic carbocycles. The van der Waals surface area contributed by atoms with Crippen molar-refractivity contribution < 1.29 is 22.6 Å². The maximum absolute atomic E-state index is 11.9. The Bertz CT molecular complexity index is 386. The van der Waals surface area contributed by atoms with E-state index in [1.165, 1.54) is 24.3 Å². The molecule has 85 valence electrons. The highest BCUT2D eigenvalue weighted by Crippen LogP contribution is 2.26. The number of benzene rings is 1. The lowest BCUT2D eigenvalue weighted by atomic mass is 10.1. The van der Waals surface area contributed by atoms with Gasteiger partial charge in [0, 0.05) is 0 Å². The van der Waals surface area contributed by atoms with E-state index >= 15 is 0 Å². The molecule has 3 nitrogen and oxygen atoms in total. The summed E-state index contributed by atoms with van der Waals surface area (Å²) in [5.74, 6) is -0.247. The summed E-state index contributed by atoms with van der Waals surface area (Å²) in [5, 5.41) is 0. The van der Waals surface area contributed by atoms with Crippen molar-refractivity contribution >= 4 is 6.40 Å². The molecule has 1 heterocycles. The second-order valence-electron chi connectivity index (χ2n) is 3.16. The smallest absolute Gasteiger partial charge is 0.471 e. The summed E-state index contributed by atoms with van der Waals surface area (Å²) in [5.41, 5.74) is 0.763. The fourth-order valence-electron chi connectivity index (χ4n) is 1.32. The van der Waals surface area contributed by atoms with E-state index in [0.717, 1.165) is 5.56 Å². The van der Waals surface area contributed by atoms with E-state index in [1.54, 1.807) is 0 Å². The van der Waals surface area contributed by atoms with Gasteiger partial charge in [-0.3, -0.25) is 0 Å². The third kappa shape index (κ3) is 2.65. The van der Waals surface area contributed by atoms with Gasteiger partial charge in [-0.05, 0) is 17.7 Å². The van der Waals surface area contributed by atoms with E-state index in [-0.39, 0.29) is 11.8 Å². The van der Waals surface area contributed by atoms with Crippen LogP contribution in [0.3, 0.4) is 0 Å². The highest BCUT2D eigenvalue weighted by atomic mass is 19.4. The molecule has 0 aromatic heterocycles. The van der Waals surface area contributed by atoms with Gasteiger partial charge >= 0.3 is 6.36 Å². The number of halogens is 3. The predicted octanol–water partition coefficient (Wildman–Crippen LogP) is 2.56. The Hall–Kier alpha value is -1.72. The quantitative estimate of drug-likeness (QED) is 0.781. The van der Waals surface area contributed by atoms with E-state index in [1.807, 2.05) is 0 Å². The lowest BCUT2D eigenvalue weighted by Crippen LogP contribution is -2.17. The minimum Gasteiger partial charge on any atom is -0.471 e. The van der Waals surface area contributed by atoms with Crippen LogP contribution in [-0.4, -0.2) is 19.4 Å². The summed E-state index contributed by atoms with van der Waals surface area (Å²) >= 11 is 0. The van der Waals surface area contributed by atoms with Crippen LogP contribution in [0.25, 0.3) is 0 Å². The highest BCUT2D eigenvalue weighted by Gasteiger charge is 2.31. The second-order valence-corrected chi connectivity index (χ2v) is 3.16. The third-order valence-electron chi connectivity index (χ3n) is 2.01. The second kappa shape index (κ2) is 4.03. The monoisotopic (exact) mass is 230 g/mol. The first-order chi connectivity index (χ1) is 7.54. The molecule has 1 atom stereocenters. The Morgan fingerprint density at radius 1 is 1.31 bits per heavy atom. The number of aliphatic imine (C=N–C) groups is 1. The van der Waals surface area contributed by atoms with Crippen molar-refractivity contribution in [2.24, 2.45) is 4.99 Å². The Kier molecular flexibility index (Phi) is 2.72. The summed E-state index contributed by atoms with van der Waals surface area (Å²) in [4.78, 5) is 3.87. The van der Waals surface area contributed by atoms with Crippen molar-refractivity contribution in [1.82, 2.24) is 0 Å². The standard InChI is InChI=1S/C10H7F3NO2/c11-10(12,13)16-8-3-1-7(2-4-8)9-5-15-6-14-9/h1-4,9H,5H2. The van der Waals surface area contributed by atoms with Gasteiger partial charge in [0.05, 0.1) is 0 Å². The van der Waals surface area contributed by atoms with E-state index < -0.39 is 6.36 Å². The first kappa shape index (κ1) is 10.8. The van der Waals surface area contributed by atoms with Crippen LogP contribution in [0.2, 0.25) is 0 Å². The van der Waals surface area contributed by atoms with Crippen molar-refractivity contribution in [2.45, 2.75) is 12.4 Å². The van der Waals surface area contributed by atoms with Gasteiger partial charge in [0.15, 0.2) is 0 Å². The number of alkyl halides is 3. The highest BCUT2D eigenvalue weighted by molar-refractivity contribution is 5.50. The first-order valence-electron chi connectivity index (χ1n) is 4.47. The third-order valence-corrected chi connectivity index (χ3v) is 2.01. The van der Waals surface area contributed by atoms with E-state index in [9.17, 15) is 13.2 Å². The molecule has 1 unspecified atom stereocenters. The Labute approximate surface area is 89.5 Å². The van der Waals surface area contributed by atoms with Crippen LogP contribution in [0.5, 0.6) is 5.75 Å². The molecule has 0 N–H and O–H groups in total. The fourth-order valence-corrected chi connectivity index (χ4v) is 1.32. The normalized spacial score (nSPS) is 19.6. The number of ether oxygens (including phenoxy) is 2. The summed E-state index contributed by atoms with van der Waals surface area (Å²) < 4.78 is 44.2. The average Bonchev–Trinajstić information content (AvgIpc) is 2.69. The van der Waals surface area contributed by atoms with Gasteiger partial charge in [0.1, 0.15) is 18.4 Å². The molecule has 16 heavy (non-hydrogen) atoms. The molecule has 6 heteroatoms. The molecule has 0 bridgehead atoms. The lowest BCUT2D eigenvalue weighted by Gasteiger charge is -2.10. The van der Waals surface area contributed by atoms with Crippen molar-refractivity contribution in [2.75, 3.05) is 6.61 Å². The zero-order valence-corrected chi connectivity index (χ0v) is 7.99. The molecule has 2 rings (SSSR count). The van der Waals surface area contributed by atoms with Crippen molar-refractivity contribution in [3.05, 3.63) is 29.8 Å². The number of rotatable bonds is 2. The van der Waals surface area contributed by atoms with E-state index in [2.05, 4.69) is 16.1 Å². The molecule has 1 aliphatic heterocycles. The number of hydrogen-bond acceptors (Lipinski definition) is 3. The van der Waals surface area contributed by atoms with Gasteiger partial charge in [-0.1, -0.05) is 12.1 Å². The van der Waals surface area contributed by atoms with Crippen molar-refractivity contribution in [3.8, 4) is 5.75 Å². The molecular weight excluding hydrogens is 223 g/mol. The molecule has 0 fully saturated rings. The van der Waals surface area contributed by atoms with E-state index in [0.29, 0.717) is 6.61 Å². The van der Waals surface area contributed by atoms with Crippen LogP contribution in [-0.2, 0) is 4.74 Å². The van der Waals surface area contributed by atoms with Crippen molar-refractivity contribution in [1.29, 1.82) is 0 Å². The maximum atomic E-state index is 11.9. The Morgan fingerprint density at radius 2 is 2.00 bits per heavy atom. The molecular formula is C10H7F3NO2. The maximum Gasteiger partial charge on any atom is 0.573 e. The van der Waals surface area contributed by atoms with Gasteiger partial charge in [-0.25, -0.2) is 4.99 Å². The molecule has 0 spiro atoms. The van der Waals surface area contributed by atoms with Gasteiger partial charge in [-0.2, -0.15) is 0 Å². The number of nitrogens with zero attached hydrogens (tertiary/aromatic N) is 1. The Balaban J connectivity index is 2.07. The van der Waals surface area contributed by atoms with Gasteiger partial charge < -0.3 is 9.47 Å². The molecule has 0 saturated heterocycles. The minimum atomic E-state index is -4.66. The molecule has 1 radical (unpaired) electrons. The largest absolute Gasteiger partial charge is 0.573 e. The predicted molar refractivity (Wildman–Crippen MR) is 49.3 cm³/mol. The average molecular weight is 230 g/mol. The number of hydrogen-bond donors (Lipinski definition) is 0. The fraction of sp³-hybridized carbons (Fsp3) is 0.300. The van der Waals surface area contributed by atoms with Gasteiger partial charge in [0.2, 0.25) is 0 Å². The summed E-state index contributed by atoms with van der Waals surface area (Å²) in [6, 6.07) is 5.34. The summed E-state index contributed by atoms with van der Waals surface area (Å²) in [6.45, 7) is 0.361. The van der Waals surface area contributed by atoms with Crippen LogP contribution in [0, 0.1) is 0 Å². The zero-order chi connectivity index (χ0) is 11.6. The lowest BCUT2D eigenvalue weighted by molar-refractivity contribution is -0.274. The molecule has 1 aromatic rings. The van der Waals surface area contributed by atoms with Crippen LogP contribution >= 0.6 is 0 Å². The topological polar surface area (TPSA) is 30.8 Å². The van der Waals surface area contributed by atoms with Gasteiger partial charge in [-0.15, -0.1) is 13.2 Å². The van der Waals surface area contributed by atoms with Crippen molar-refractivity contribution in [3.63, 3.8) is 0 Å². The van der Waals surface area contributed by atoms with Crippen LogP contribution in [0.1, 0.15) is 11.6 Å². The molecule has 0 amide bonds.